The first-order valence-electron chi connectivity index (χ1n) is 10.3. The van der Waals surface area contributed by atoms with Crippen molar-refractivity contribution in [3.63, 3.8) is 0 Å². The van der Waals surface area contributed by atoms with Gasteiger partial charge in [-0.05, 0) is 60.0 Å². The van der Waals surface area contributed by atoms with Crippen molar-refractivity contribution in [2.75, 3.05) is 13.2 Å². The Morgan fingerprint density at radius 3 is 2.71 bits per heavy atom. The van der Waals surface area contributed by atoms with Crippen LogP contribution in [0.5, 0.6) is 0 Å². The van der Waals surface area contributed by atoms with Crippen molar-refractivity contribution in [1.82, 2.24) is 30.4 Å². The van der Waals surface area contributed by atoms with E-state index in [4.69, 9.17) is 11.6 Å². The zero-order valence-electron chi connectivity index (χ0n) is 17.1. The first-order chi connectivity index (χ1) is 15.1. The summed E-state index contributed by atoms with van der Waals surface area (Å²) in [6.07, 6.45) is 2.13. The number of benzene rings is 2. The fourth-order valence-corrected chi connectivity index (χ4v) is 3.94. The van der Waals surface area contributed by atoms with Crippen LogP contribution in [0.4, 0.5) is 0 Å². The van der Waals surface area contributed by atoms with E-state index < -0.39 is 0 Å². The van der Waals surface area contributed by atoms with Crippen molar-refractivity contribution in [2.24, 2.45) is 0 Å². The Balaban J connectivity index is 1.34. The number of aromatic nitrogens is 4. The van der Waals surface area contributed by atoms with Crippen LogP contribution in [0.1, 0.15) is 24.0 Å². The summed E-state index contributed by atoms with van der Waals surface area (Å²) in [7, 11) is 0. The summed E-state index contributed by atoms with van der Waals surface area (Å²) in [6, 6.07) is 15.4. The van der Waals surface area contributed by atoms with Gasteiger partial charge in [0.05, 0.1) is 6.61 Å². The smallest absolute Gasteiger partial charge is 0.243 e. The standard InChI is InChI=1S/C22H25ClN6O2/c23-19-9-7-16(8-10-19)22-25-27-29(26-22)14-21(31)24-12-17-4-1-2-5-18(17)13-28-11-3-6-20(28)15-30/h1-2,4-5,7-10,20,30H,3,6,11-15H2,(H,24,31)/t20-/m1/s1. The summed E-state index contributed by atoms with van der Waals surface area (Å²) >= 11 is 5.90. The molecule has 0 spiro atoms. The number of aliphatic hydroxyl groups is 1. The maximum absolute atomic E-state index is 12.4. The first kappa shape index (κ1) is 21.4. The highest BCUT2D eigenvalue weighted by Gasteiger charge is 2.24. The van der Waals surface area contributed by atoms with Crippen LogP contribution in [0, 0.1) is 0 Å². The summed E-state index contributed by atoms with van der Waals surface area (Å²) in [5, 5.41) is 25.4. The molecule has 9 heteroatoms. The quantitative estimate of drug-likeness (QED) is 0.557. The van der Waals surface area contributed by atoms with Crippen molar-refractivity contribution >= 4 is 17.5 Å². The molecule has 2 aromatic carbocycles. The minimum absolute atomic E-state index is 0.0124. The molecular weight excluding hydrogens is 416 g/mol. The largest absolute Gasteiger partial charge is 0.395 e. The number of aliphatic hydroxyl groups excluding tert-OH is 1. The van der Waals surface area contributed by atoms with Gasteiger partial charge in [-0.1, -0.05) is 35.9 Å². The van der Waals surface area contributed by atoms with Gasteiger partial charge in [-0.3, -0.25) is 9.69 Å². The van der Waals surface area contributed by atoms with E-state index in [0.717, 1.165) is 42.6 Å². The average molecular weight is 441 g/mol. The van der Waals surface area contributed by atoms with Gasteiger partial charge >= 0.3 is 0 Å². The molecule has 31 heavy (non-hydrogen) atoms. The second kappa shape index (κ2) is 10.00. The van der Waals surface area contributed by atoms with Gasteiger partial charge in [0.2, 0.25) is 11.7 Å². The van der Waals surface area contributed by atoms with E-state index in [0.29, 0.717) is 17.4 Å². The van der Waals surface area contributed by atoms with Gasteiger partial charge in [0.15, 0.2) is 0 Å². The minimum Gasteiger partial charge on any atom is -0.395 e. The number of nitrogens with zero attached hydrogens (tertiary/aromatic N) is 5. The Kier molecular flexibility index (Phi) is 6.91. The topological polar surface area (TPSA) is 96.2 Å². The van der Waals surface area contributed by atoms with Gasteiger partial charge in [-0.15, -0.1) is 10.2 Å². The number of hydrogen-bond acceptors (Lipinski definition) is 6. The maximum atomic E-state index is 12.4. The molecule has 0 unspecified atom stereocenters. The van der Waals surface area contributed by atoms with Gasteiger partial charge in [-0.25, -0.2) is 0 Å². The average Bonchev–Trinajstić information content (AvgIpc) is 3.43. The molecule has 1 atom stereocenters. The number of carbonyl (C=O) groups excluding carboxylic acids is 1. The summed E-state index contributed by atoms with van der Waals surface area (Å²) < 4.78 is 0. The van der Waals surface area contributed by atoms with Gasteiger partial charge in [0.25, 0.3) is 0 Å². The molecule has 0 aliphatic carbocycles. The molecule has 162 valence electrons. The Bertz CT molecular complexity index is 1020. The lowest BCUT2D eigenvalue weighted by Crippen LogP contribution is -2.32. The SMILES string of the molecule is O=C(Cn1nnc(-c2ccc(Cl)cc2)n1)NCc1ccccc1CN1CCC[C@@H]1CO. The van der Waals surface area contributed by atoms with Crippen molar-refractivity contribution < 1.29 is 9.90 Å². The number of tetrazole rings is 1. The molecule has 4 rings (SSSR count). The highest BCUT2D eigenvalue weighted by Crippen LogP contribution is 2.21. The van der Waals surface area contributed by atoms with Crippen LogP contribution in [0.15, 0.2) is 48.5 Å². The van der Waals surface area contributed by atoms with E-state index in [2.05, 4.69) is 31.7 Å². The molecule has 2 heterocycles. The van der Waals surface area contributed by atoms with Crippen LogP contribution < -0.4 is 5.32 Å². The predicted octanol–water partition coefficient (Wildman–Crippen LogP) is 2.27. The summed E-state index contributed by atoms with van der Waals surface area (Å²) in [5.41, 5.74) is 3.01. The van der Waals surface area contributed by atoms with Crippen molar-refractivity contribution in [3.8, 4) is 11.4 Å². The lowest BCUT2D eigenvalue weighted by atomic mass is 10.1. The van der Waals surface area contributed by atoms with E-state index in [1.165, 1.54) is 4.80 Å². The maximum Gasteiger partial charge on any atom is 0.243 e. The Labute approximate surface area is 185 Å². The van der Waals surface area contributed by atoms with Gasteiger partial charge in [0.1, 0.15) is 6.54 Å². The van der Waals surface area contributed by atoms with E-state index >= 15 is 0 Å². The van der Waals surface area contributed by atoms with Crippen LogP contribution in [0.25, 0.3) is 11.4 Å². The number of carbonyl (C=O) groups is 1. The van der Waals surface area contributed by atoms with Crippen molar-refractivity contribution in [1.29, 1.82) is 0 Å². The number of hydrogen-bond donors (Lipinski definition) is 2. The Morgan fingerprint density at radius 2 is 1.94 bits per heavy atom. The third-order valence-electron chi connectivity index (χ3n) is 5.52. The van der Waals surface area contributed by atoms with Gasteiger partial charge < -0.3 is 10.4 Å². The second-order valence-corrected chi connectivity index (χ2v) is 8.08. The van der Waals surface area contributed by atoms with Crippen LogP contribution in [-0.2, 0) is 24.4 Å². The normalized spacial score (nSPS) is 16.5. The highest BCUT2D eigenvalue weighted by atomic mass is 35.5. The number of likely N-dealkylation sites (tertiary alicyclic amines) is 1. The second-order valence-electron chi connectivity index (χ2n) is 7.64. The van der Waals surface area contributed by atoms with Crippen molar-refractivity contribution in [2.45, 2.75) is 38.5 Å². The molecule has 1 aliphatic heterocycles. The lowest BCUT2D eigenvalue weighted by molar-refractivity contribution is -0.122. The molecule has 0 radical (unpaired) electrons. The van der Waals surface area contributed by atoms with E-state index in [1.807, 2.05) is 30.3 Å². The predicted molar refractivity (Wildman–Crippen MR) is 117 cm³/mol. The molecule has 1 aromatic heterocycles. The molecule has 2 N–H and O–H groups in total. The van der Waals surface area contributed by atoms with Crippen LogP contribution in [0.3, 0.4) is 0 Å². The summed E-state index contributed by atoms with van der Waals surface area (Å²) in [5.74, 6) is 0.253. The molecule has 1 amide bonds. The van der Waals surface area contributed by atoms with Crippen LogP contribution in [-0.4, -0.2) is 55.3 Å². The number of halogens is 1. The number of amides is 1. The fraction of sp³-hybridized carbons (Fsp3) is 0.364. The van der Waals surface area contributed by atoms with Gasteiger partial charge in [0, 0.05) is 29.7 Å². The van der Waals surface area contributed by atoms with E-state index in [-0.39, 0.29) is 25.1 Å². The third-order valence-corrected chi connectivity index (χ3v) is 5.77. The third kappa shape index (κ3) is 5.46. The molecule has 1 saturated heterocycles. The molecule has 3 aromatic rings. The van der Waals surface area contributed by atoms with Gasteiger partial charge in [-0.2, -0.15) is 4.80 Å². The van der Waals surface area contributed by atoms with Crippen LogP contribution in [0.2, 0.25) is 5.02 Å². The highest BCUT2D eigenvalue weighted by molar-refractivity contribution is 6.30. The minimum atomic E-state index is -0.190. The molecule has 1 fully saturated rings. The first-order valence-corrected chi connectivity index (χ1v) is 10.7. The lowest BCUT2D eigenvalue weighted by Gasteiger charge is -2.24. The summed E-state index contributed by atoms with van der Waals surface area (Å²) in [4.78, 5) is 16.0. The molecule has 0 bridgehead atoms. The van der Waals surface area contributed by atoms with E-state index in [1.54, 1.807) is 12.1 Å². The Hall–Kier alpha value is -2.81. The molecular formula is C22H25ClN6O2. The molecule has 1 aliphatic rings. The number of nitrogens with one attached hydrogen (secondary N) is 1. The molecule has 8 nitrogen and oxygen atoms in total. The zero-order valence-corrected chi connectivity index (χ0v) is 17.9. The molecule has 0 saturated carbocycles. The number of rotatable bonds is 8. The fourth-order valence-electron chi connectivity index (χ4n) is 3.82. The van der Waals surface area contributed by atoms with Crippen LogP contribution >= 0.6 is 11.6 Å². The monoisotopic (exact) mass is 440 g/mol. The Morgan fingerprint density at radius 1 is 1.16 bits per heavy atom. The van der Waals surface area contributed by atoms with Crippen molar-refractivity contribution in [3.05, 3.63) is 64.7 Å². The summed E-state index contributed by atoms with van der Waals surface area (Å²) in [6.45, 7) is 2.35. The van der Waals surface area contributed by atoms with E-state index in [9.17, 15) is 9.90 Å². The zero-order chi connectivity index (χ0) is 21.6.